The maximum absolute atomic E-state index is 10.9. The Morgan fingerprint density at radius 3 is 2.45 bits per heavy atom. The van der Waals surface area contributed by atoms with E-state index >= 15 is 0 Å². The summed E-state index contributed by atoms with van der Waals surface area (Å²) in [6.45, 7) is 2.82. The van der Waals surface area contributed by atoms with Crippen LogP contribution in [0.25, 0.3) is 0 Å². The Morgan fingerprint density at radius 2 is 2.00 bits per heavy atom. The maximum atomic E-state index is 10.9. The molecule has 64 valence electrons. The average Bonchev–Trinajstić information content (AvgIpc) is 1.97. The van der Waals surface area contributed by atoms with Crippen LogP contribution in [0.4, 0.5) is 0 Å². The van der Waals surface area contributed by atoms with Crippen LogP contribution >= 0.6 is 0 Å². The molecular weight excluding hydrogens is 142 g/mol. The number of aliphatic hydroxyl groups excluding tert-OH is 1. The van der Waals surface area contributed by atoms with Crippen molar-refractivity contribution in [2.75, 3.05) is 33.3 Å². The van der Waals surface area contributed by atoms with E-state index in [-0.39, 0.29) is 6.61 Å². The number of rotatable bonds is 2. The number of carbonyl (C=O) groups excluding carboxylic acids is 1. The zero-order chi connectivity index (χ0) is 8.32. The lowest BCUT2D eigenvalue weighted by atomic mass is 10.1. The molecule has 1 heterocycles. The lowest BCUT2D eigenvalue weighted by Gasteiger charge is -2.36. The summed E-state index contributed by atoms with van der Waals surface area (Å²) in [5.41, 5.74) is 0. The number of nitrogens with zero attached hydrogens (tertiary/aromatic N) is 1. The van der Waals surface area contributed by atoms with Gasteiger partial charge in [0.1, 0.15) is 12.3 Å². The van der Waals surface area contributed by atoms with Gasteiger partial charge in [-0.3, -0.25) is 4.79 Å². The van der Waals surface area contributed by atoms with Gasteiger partial charge in [-0.2, -0.15) is 0 Å². The molecule has 1 aliphatic heterocycles. The highest BCUT2D eigenvalue weighted by Gasteiger charge is 2.27. The van der Waals surface area contributed by atoms with E-state index in [1.54, 1.807) is 0 Å². The van der Waals surface area contributed by atoms with E-state index in [1.807, 2.05) is 0 Å². The molecule has 1 rings (SSSR count). The quantitative estimate of drug-likeness (QED) is 0.564. The van der Waals surface area contributed by atoms with Crippen LogP contribution in [0.5, 0.6) is 0 Å². The number of Topliss-reactive ketones (excluding diaryl/α,β-unsaturated/α-hetero) is 1. The average molecular weight is 158 g/mol. The van der Waals surface area contributed by atoms with Gasteiger partial charge in [0, 0.05) is 0 Å². The van der Waals surface area contributed by atoms with Gasteiger partial charge >= 0.3 is 0 Å². The fourth-order valence-corrected chi connectivity index (χ4v) is 1.49. The Labute approximate surface area is 67.2 Å². The number of hydrogen-bond donors (Lipinski definition) is 1. The van der Waals surface area contributed by atoms with Crippen molar-refractivity contribution in [3.05, 3.63) is 0 Å². The summed E-state index contributed by atoms with van der Waals surface area (Å²) in [6, 6.07) is 0. The summed E-state index contributed by atoms with van der Waals surface area (Å²) >= 11 is 0. The number of quaternary nitrogens is 1. The molecule has 0 aromatic carbocycles. The van der Waals surface area contributed by atoms with E-state index < -0.39 is 0 Å². The highest BCUT2D eigenvalue weighted by atomic mass is 16.3. The molecule has 11 heavy (non-hydrogen) atoms. The molecule has 0 saturated carbocycles. The van der Waals surface area contributed by atoms with Crippen molar-refractivity contribution >= 4 is 5.78 Å². The summed E-state index contributed by atoms with van der Waals surface area (Å²) in [6.07, 6.45) is 1.38. The Hall–Kier alpha value is -0.410. The SMILES string of the molecule is C[N+]1(CCO)CCC(=O)CC1. The largest absolute Gasteiger partial charge is 0.391 e. The molecule has 3 nitrogen and oxygen atoms in total. The van der Waals surface area contributed by atoms with Crippen molar-refractivity contribution in [1.29, 1.82) is 0 Å². The standard InChI is InChI=1S/C8H16NO2/c1-9(6-7-10)4-2-8(11)3-5-9/h10H,2-7H2,1H3/q+1. The minimum Gasteiger partial charge on any atom is -0.391 e. The predicted octanol–water partition coefficient (Wildman–Crippen LogP) is -0.212. The minimum atomic E-state index is 0.227. The van der Waals surface area contributed by atoms with Crippen LogP contribution in [-0.2, 0) is 4.79 Å². The third kappa shape index (κ3) is 2.27. The van der Waals surface area contributed by atoms with Crippen LogP contribution in [0.2, 0.25) is 0 Å². The van der Waals surface area contributed by atoms with Crippen LogP contribution in [0, 0.1) is 0 Å². The monoisotopic (exact) mass is 158 g/mol. The van der Waals surface area contributed by atoms with Gasteiger partial charge in [0.2, 0.25) is 0 Å². The van der Waals surface area contributed by atoms with Gasteiger partial charge in [0.05, 0.1) is 39.6 Å². The molecule has 0 unspecified atom stereocenters. The summed E-state index contributed by atoms with van der Waals surface area (Å²) in [7, 11) is 2.10. The van der Waals surface area contributed by atoms with Gasteiger partial charge in [0.15, 0.2) is 0 Å². The Kier molecular flexibility index (Phi) is 2.62. The van der Waals surface area contributed by atoms with E-state index in [9.17, 15) is 4.79 Å². The van der Waals surface area contributed by atoms with Gasteiger partial charge in [0.25, 0.3) is 0 Å². The Balaban J connectivity index is 2.41. The second kappa shape index (κ2) is 3.32. The third-order valence-corrected chi connectivity index (χ3v) is 2.50. The number of piperidine rings is 1. The maximum Gasteiger partial charge on any atom is 0.144 e. The van der Waals surface area contributed by atoms with E-state index in [0.29, 0.717) is 18.6 Å². The van der Waals surface area contributed by atoms with Crippen LogP contribution in [0.15, 0.2) is 0 Å². The molecule has 0 amide bonds. The first-order valence-corrected chi connectivity index (χ1v) is 4.12. The van der Waals surface area contributed by atoms with Crippen molar-refractivity contribution in [2.45, 2.75) is 12.8 Å². The van der Waals surface area contributed by atoms with Gasteiger partial charge < -0.3 is 9.59 Å². The van der Waals surface area contributed by atoms with Gasteiger partial charge in [-0.05, 0) is 0 Å². The highest BCUT2D eigenvalue weighted by Crippen LogP contribution is 2.12. The fourth-order valence-electron chi connectivity index (χ4n) is 1.49. The molecule has 1 saturated heterocycles. The summed E-state index contributed by atoms with van der Waals surface area (Å²) in [5, 5.41) is 8.75. The molecular formula is C8H16NO2+. The zero-order valence-electron chi connectivity index (χ0n) is 7.05. The first kappa shape index (κ1) is 8.68. The second-order valence-electron chi connectivity index (χ2n) is 3.55. The van der Waals surface area contributed by atoms with Crippen molar-refractivity contribution in [3.63, 3.8) is 0 Å². The molecule has 0 atom stereocenters. The van der Waals surface area contributed by atoms with Gasteiger partial charge in [-0.25, -0.2) is 0 Å². The lowest BCUT2D eigenvalue weighted by Crippen LogP contribution is -2.51. The van der Waals surface area contributed by atoms with Crippen LogP contribution in [-0.4, -0.2) is 48.7 Å². The number of aliphatic hydroxyl groups is 1. The van der Waals surface area contributed by atoms with Crippen LogP contribution in [0.3, 0.4) is 0 Å². The van der Waals surface area contributed by atoms with E-state index in [0.717, 1.165) is 24.1 Å². The molecule has 0 radical (unpaired) electrons. The summed E-state index contributed by atoms with van der Waals surface area (Å²) in [4.78, 5) is 10.9. The normalized spacial score (nSPS) is 23.6. The van der Waals surface area contributed by atoms with E-state index in [2.05, 4.69) is 7.05 Å². The molecule has 0 aromatic heterocycles. The number of ketones is 1. The Morgan fingerprint density at radius 1 is 1.45 bits per heavy atom. The summed E-state index contributed by atoms with van der Waals surface area (Å²) < 4.78 is 0.863. The number of carbonyl (C=O) groups is 1. The van der Waals surface area contributed by atoms with E-state index in [4.69, 9.17) is 5.11 Å². The number of hydrogen-bond acceptors (Lipinski definition) is 2. The fraction of sp³-hybridized carbons (Fsp3) is 0.875. The van der Waals surface area contributed by atoms with Crippen molar-refractivity contribution in [1.82, 2.24) is 0 Å². The predicted molar refractivity (Wildman–Crippen MR) is 42.1 cm³/mol. The molecule has 1 N–H and O–H groups in total. The molecule has 1 aliphatic rings. The molecule has 3 heteroatoms. The minimum absolute atomic E-state index is 0.227. The molecule has 0 spiro atoms. The van der Waals surface area contributed by atoms with Crippen molar-refractivity contribution < 1.29 is 14.4 Å². The zero-order valence-corrected chi connectivity index (χ0v) is 7.05. The lowest BCUT2D eigenvalue weighted by molar-refractivity contribution is -0.911. The van der Waals surface area contributed by atoms with Crippen LogP contribution in [0.1, 0.15) is 12.8 Å². The molecule has 0 aliphatic carbocycles. The third-order valence-electron chi connectivity index (χ3n) is 2.50. The molecule has 0 bridgehead atoms. The molecule has 1 fully saturated rings. The van der Waals surface area contributed by atoms with Gasteiger partial charge in [-0.15, -0.1) is 0 Å². The summed E-state index contributed by atoms with van der Waals surface area (Å²) in [5.74, 6) is 0.374. The number of likely N-dealkylation sites (tertiary alicyclic amines) is 1. The first-order chi connectivity index (χ1) is 5.16. The Bertz CT molecular complexity index is 146. The highest BCUT2D eigenvalue weighted by molar-refractivity contribution is 5.78. The van der Waals surface area contributed by atoms with E-state index in [1.165, 1.54) is 0 Å². The topological polar surface area (TPSA) is 37.3 Å². The van der Waals surface area contributed by atoms with Crippen molar-refractivity contribution in [2.24, 2.45) is 0 Å². The first-order valence-electron chi connectivity index (χ1n) is 4.12. The van der Waals surface area contributed by atoms with Gasteiger partial charge in [-0.1, -0.05) is 0 Å². The smallest absolute Gasteiger partial charge is 0.144 e. The van der Waals surface area contributed by atoms with Crippen molar-refractivity contribution in [3.8, 4) is 0 Å². The second-order valence-corrected chi connectivity index (χ2v) is 3.55. The molecule has 0 aromatic rings. The number of likely N-dealkylation sites (N-methyl/N-ethyl adjacent to an activating group) is 1. The van der Waals surface area contributed by atoms with Crippen LogP contribution < -0.4 is 0 Å².